The highest BCUT2D eigenvalue weighted by Crippen LogP contribution is 2.24. The molecule has 0 bridgehead atoms. The van der Waals surface area contributed by atoms with E-state index in [1.165, 1.54) is 0 Å². The third kappa shape index (κ3) is 1.88. The molecule has 1 aromatic carbocycles. The first-order valence-corrected chi connectivity index (χ1v) is 5.26. The quantitative estimate of drug-likeness (QED) is 0.798. The van der Waals surface area contributed by atoms with Crippen molar-refractivity contribution in [3.8, 4) is 0 Å². The zero-order chi connectivity index (χ0) is 11.7. The number of carboxylic acid groups (broad SMARTS) is 1. The summed E-state index contributed by atoms with van der Waals surface area (Å²) in [6, 6.07) is 7.23. The Morgan fingerprint density at radius 2 is 2.25 bits per heavy atom. The minimum Gasteiger partial charge on any atom is -0.338 e. The number of benzene rings is 1. The molecule has 1 aliphatic heterocycles. The van der Waals surface area contributed by atoms with Crippen LogP contribution in [0.1, 0.15) is 5.56 Å². The molecule has 4 nitrogen and oxygen atoms in total. The number of hydrogen-bond donors (Lipinski definition) is 1. The lowest BCUT2D eigenvalue weighted by atomic mass is 9.98. The van der Waals surface area contributed by atoms with Gasteiger partial charge in [-0.05, 0) is 6.07 Å². The zero-order valence-corrected chi connectivity index (χ0v) is 9.52. The summed E-state index contributed by atoms with van der Waals surface area (Å²) < 4.78 is 0. The molecule has 0 saturated carbocycles. The fourth-order valence-corrected chi connectivity index (χ4v) is 1.99. The van der Waals surface area contributed by atoms with Crippen molar-refractivity contribution in [2.45, 2.75) is 0 Å². The van der Waals surface area contributed by atoms with Gasteiger partial charge in [0.2, 0.25) is 0 Å². The first kappa shape index (κ1) is 11.0. The Labute approximate surface area is 98.1 Å². The monoisotopic (exact) mass is 239 g/mol. The smallest absolute Gasteiger partial charge is 0.338 e. The number of hydrogen-bond acceptors (Lipinski definition) is 2. The van der Waals surface area contributed by atoms with Crippen LogP contribution in [0.25, 0.3) is 0 Å². The van der Waals surface area contributed by atoms with Crippen LogP contribution < -0.4 is 0 Å². The summed E-state index contributed by atoms with van der Waals surface area (Å²) in [4.78, 5) is 9.21. The van der Waals surface area contributed by atoms with Crippen LogP contribution >= 0.6 is 11.6 Å². The van der Waals surface area contributed by atoms with E-state index in [-0.39, 0.29) is 0 Å². The maximum Gasteiger partial charge on any atom is 0.491 e. The average molecular weight is 240 g/mol. The number of carboxylic acids is 1. The standard InChI is InChI=1S/C11H11ClN2O2/c1-14-6-8(11(15)16)10(13-14)7-4-2-3-5-9(7)12/h2-5,8H,6H2,1H3,(H,15,16)/p+1. The zero-order valence-electron chi connectivity index (χ0n) is 8.76. The summed E-state index contributed by atoms with van der Waals surface area (Å²) in [5, 5.41) is 15.7. The Morgan fingerprint density at radius 3 is 2.88 bits per heavy atom. The number of aliphatic hydroxyl groups excluding tert-OH is 1. The summed E-state index contributed by atoms with van der Waals surface area (Å²) in [6.07, 6.45) is 0. The molecule has 1 aromatic rings. The third-order valence-electron chi connectivity index (χ3n) is 2.52. The van der Waals surface area contributed by atoms with Crippen LogP contribution in [0, 0.1) is 5.92 Å². The van der Waals surface area contributed by atoms with E-state index < -0.39 is 11.9 Å². The Bertz CT molecular complexity index is 459. The lowest BCUT2D eigenvalue weighted by molar-refractivity contribution is 0.351. The summed E-state index contributed by atoms with van der Waals surface area (Å²) in [5.74, 6) is -1.12. The van der Waals surface area contributed by atoms with Crippen LogP contribution in [0.5, 0.6) is 0 Å². The topological polar surface area (TPSA) is 57.2 Å². The van der Waals surface area contributed by atoms with Crippen molar-refractivity contribution >= 4 is 23.3 Å². The first-order chi connectivity index (χ1) is 7.59. The molecule has 1 heterocycles. The minimum absolute atomic E-state index is 0.447. The number of rotatable bonds is 2. The normalized spacial score (nSPS) is 19.8. The first-order valence-electron chi connectivity index (χ1n) is 4.89. The maximum atomic E-state index is 9.21. The van der Waals surface area contributed by atoms with Gasteiger partial charge in [0.1, 0.15) is 0 Å². The molecule has 2 N–H and O–H groups in total. The highest BCUT2D eigenvalue weighted by atomic mass is 35.5. The predicted octanol–water partition coefficient (Wildman–Crippen LogP) is 1.67. The van der Waals surface area contributed by atoms with E-state index >= 15 is 0 Å². The average Bonchev–Trinajstić information content (AvgIpc) is 2.61. The van der Waals surface area contributed by atoms with Gasteiger partial charge < -0.3 is 9.90 Å². The van der Waals surface area contributed by atoms with E-state index in [1.54, 1.807) is 18.1 Å². The van der Waals surface area contributed by atoms with Crippen molar-refractivity contribution in [3.05, 3.63) is 34.9 Å². The van der Waals surface area contributed by atoms with E-state index in [4.69, 9.17) is 11.6 Å². The van der Waals surface area contributed by atoms with Crippen molar-refractivity contribution < 1.29 is 9.90 Å². The molecule has 0 amide bonds. The highest BCUT2D eigenvalue weighted by Gasteiger charge is 2.37. The minimum atomic E-state index is -0.622. The number of aliphatic carboxylic acids is 1. The van der Waals surface area contributed by atoms with Gasteiger partial charge in [-0.2, -0.15) is 5.10 Å². The molecular formula is C11H12ClN2O2+. The molecule has 0 saturated heterocycles. The summed E-state index contributed by atoms with van der Waals surface area (Å²) in [5.41, 5.74) is 1.33. The van der Waals surface area contributed by atoms with Crippen LogP contribution in [0.4, 0.5) is 0 Å². The summed E-state index contributed by atoms with van der Waals surface area (Å²) in [7, 11) is 1.78. The van der Waals surface area contributed by atoms with Gasteiger partial charge in [-0.3, -0.25) is 5.01 Å². The van der Waals surface area contributed by atoms with Gasteiger partial charge in [0, 0.05) is 17.6 Å². The molecule has 1 unspecified atom stereocenters. The molecule has 84 valence electrons. The third-order valence-corrected chi connectivity index (χ3v) is 2.85. The van der Waals surface area contributed by atoms with E-state index in [0.29, 0.717) is 17.3 Å². The molecule has 2 rings (SSSR count). The van der Waals surface area contributed by atoms with Gasteiger partial charge in [0.15, 0.2) is 5.92 Å². The van der Waals surface area contributed by atoms with Crippen molar-refractivity contribution in [1.82, 2.24) is 5.01 Å². The van der Waals surface area contributed by atoms with Gasteiger partial charge >= 0.3 is 5.97 Å². The second kappa shape index (κ2) is 4.14. The lowest BCUT2D eigenvalue weighted by Crippen LogP contribution is -2.26. The Hall–Kier alpha value is -1.55. The van der Waals surface area contributed by atoms with Gasteiger partial charge in [-0.15, -0.1) is 0 Å². The Balaban J connectivity index is 2.43. The Kier molecular flexibility index (Phi) is 2.83. The van der Waals surface area contributed by atoms with Crippen LogP contribution in [-0.2, 0) is 0 Å². The molecule has 0 aromatic heterocycles. The second-order valence-corrected chi connectivity index (χ2v) is 4.12. The lowest BCUT2D eigenvalue weighted by Gasteiger charge is -2.05. The van der Waals surface area contributed by atoms with Crippen molar-refractivity contribution in [2.75, 3.05) is 13.6 Å². The van der Waals surface area contributed by atoms with Crippen LogP contribution in [-0.4, -0.2) is 40.2 Å². The number of halogens is 1. The molecule has 16 heavy (non-hydrogen) atoms. The van der Waals surface area contributed by atoms with Crippen LogP contribution in [0.2, 0.25) is 5.02 Å². The summed E-state index contributed by atoms with van der Waals surface area (Å²) >= 11 is 6.05. The van der Waals surface area contributed by atoms with Crippen LogP contribution in [0.15, 0.2) is 29.4 Å². The highest BCUT2D eigenvalue weighted by molar-refractivity contribution is 6.35. The molecule has 0 radical (unpaired) electrons. The Morgan fingerprint density at radius 1 is 1.56 bits per heavy atom. The van der Waals surface area contributed by atoms with Crippen LogP contribution in [0.3, 0.4) is 0 Å². The molecule has 0 spiro atoms. The SMILES string of the molecule is CN1CC(C(O)=[OH+])C(c2ccccc2Cl)=N1. The molecule has 1 aliphatic rings. The van der Waals surface area contributed by atoms with Gasteiger partial charge in [-0.25, -0.2) is 0 Å². The van der Waals surface area contributed by atoms with Crippen molar-refractivity contribution in [1.29, 1.82) is 0 Å². The van der Waals surface area contributed by atoms with E-state index in [1.807, 2.05) is 18.2 Å². The largest absolute Gasteiger partial charge is 0.491 e. The predicted molar refractivity (Wildman–Crippen MR) is 63.7 cm³/mol. The molecule has 5 heteroatoms. The molecule has 0 fully saturated rings. The van der Waals surface area contributed by atoms with E-state index in [2.05, 4.69) is 5.10 Å². The van der Waals surface area contributed by atoms with Crippen molar-refractivity contribution in [3.63, 3.8) is 0 Å². The maximum absolute atomic E-state index is 9.21. The fourth-order valence-electron chi connectivity index (χ4n) is 1.76. The van der Waals surface area contributed by atoms with E-state index in [9.17, 15) is 9.90 Å². The van der Waals surface area contributed by atoms with Crippen molar-refractivity contribution in [2.24, 2.45) is 11.0 Å². The fraction of sp³-hybridized carbons (Fsp3) is 0.273. The molecule has 1 atom stereocenters. The number of hydrazone groups is 1. The number of nitrogens with zero attached hydrogens (tertiary/aromatic N) is 2. The van der Waals surface area contributed by atoms with Gasteiger partial charge in [0.25, 0.3) is 0 Å². The second-order valence-electron chi connectivity index (χ2n) is 3.72. The molecule has 0 aliphatic carbocycles. The van der Waals surface area contributed by atoms with E-state index in [0.717, 1.165) is 5.56 Å². The van der Waals surface area contributed by atoms with Gasteiger partial charge in [-0.1, -0.05) is 29.8 Å². The molecular weight excluding hydrogens is 228 g/mol. The van der Waals surface area contributed by atoms with Gasteiger partial charge in [0.05, 0.1) is 12.3 Å². The summed E-state index contributed by atoms with van der Waals surface area (Å²) in [6.45, 7) is 0.447.